The van der Waals surface area contributed by atoms with Crippen LogP contribution in [0.25, 0.3) is 0 Å². The van der Waals surface area contributed by atoms with Gasteiger partial charge in [0.05, 0.1) is 32.1 Å². The second kappa shape index (κ2) is 8.81. The zero-order valence-electron chi connectivity index (χ0n) is 12.0. The third-order valence-electron chi connectivity index (χ3n) is 2.71. The van der Waals surface area contributed by atoms with Gasteiger partial charge in [0, 0.05) is 13.6 Å². The Hall–Kier alpha value is -2.22. The molecule has 0 spiro atoms. The van der Waals surface area contributed by atoms with Crippen LogP contribution in [0.5, 0.6) is 11.5 Å². The highest BCUT2D eigenvalue weighted by molar-refractivity contribution is 5.76. The van der Waals surface area contributed by atoms with Gasteiger partial charge in [0.2, 0.25) is 5.91 Å². The van der Waals surface area contributed by atoms with Crippen molar-refractivity contribution in [3.05, 3.63) is 24.3 Å². The highest BCUT2D eigenvalue weighted by Crippen LogP contribution is 2.26. The van der Waals surface area contributed by atoms with Gasteiger partial charge in [-0.25, -0.2) is 0 Å². The maximum Gasteiger partial charge on any atom is 0.225 e. The number of amides is 1. The van der Waals surface area contributed by atoms with Gasteiger partial charge in [0.15, 0.2) is 11.5 Å². The predicted octanol–water partition coefficient (Wildman–Crippen LogP) is 2.23. The summed E-state index contributed by atoms with van der Waals surface area (Å²) in [6, 6.07) is 9.40. The monoisotopic (exact) mass is 276 g/mol. The van der Waals surface area contributed by atoms with Gasteiger partial charge in [0.25, 0.3) is 0 Å². The molecule has 1 amide bonds. The fraction of sp³-hybridized carbons (Fsp3) is 0.467. The van der Waals surface area contributed by atoms with E-state index in [-0.39, 0.29) is 12.3 Å². The van der Waals surface area contributed by atoms with Crippen LogP contribution in [-0.4, -0.2) is 37.6 Å². The lowest BCUT2D eigenvalue weighted by molar-refractivity contribution is -0.130. The minimum Gasteiger partial charge on any atom is -0.490 e. The molecular formula is C15H20N2O3. The van der Waals surface area contributed by atoms with Crippen LogP contribution < -0.4 is 9.47 Å². The Balaban J connectivity index is 2.41. The molecule has 0 radical (unpaired) electrons. The molecule has 0 atom stereocenters. The lowest BCUT2D eigenvalue weighted by Crippen LogP contribution is -2.28. The Kier molecular flexibility index (Phi) is 6.97. The molecule has 0 fully saturated rings. The average Bonchev–Trinajstić information content (AvgIpc) is 2.46. The molecule has 0 bridgehead atoms. The van der Waals surface area contributed by atoms with Crippen molar-refractivity contribution in [2.75, 3.05) is 26.8 Å². The first-order chi connectivity index (χ1) is 9.69. The highest BCUT2D eigenvalue weighted by atomic mass is 16.5. The summed E-state index contributed by atoms with van der Waals surface area (Å²) in [6.07, 6.45) is 0.624. The van der Waals surface area contributed by atoms with Gasteiger partial charge in [-0.2, -0.15) is 5.26 Å². The van der Waals surface area contributed by atoms with Gasteiger partial charge in [0.1, 0.15) is 0 Å². The summed E-state index contributed by atoms with van der Waals surface area (Å²) in [4.78, 5) is 13.3. The van der Waals surface area contributed by atoms with Crippen molar-refractivity contribution in [3.63, 3.8) is 0 Å². The van der Waals surface area contributed by atoms with Crippen LogP contribution in [0.1, 0.15) is 19.8 Å². The van der Waals surface area contributed by atoms with E-state index in [2.05, 4.69) is 0 Å². The first-order valence-corrected chi connectivity index (χ1v) is 6.64. The van der Waals surface area contributed by atoms with E-state index in [1.54, 1.807) is 11.9 Å². The van der Waals surface area contributed by atoms with E-state index in [0.717, 1.165) is 0 Å². The van der Waals surface area contributed by atoms with Gasteiger partial charge in [-0.15, -0.1) is 0 Å². The molecule has 0 heterocycles. The van der Waals surface area contributed by atoms with Crippen molar-refractivity contribution >= 4 is 5.91 Å². The lowest BCUT2D eigenvalue weighted by Gasteiger charge is -2.16. The molecule has 1 rings (SSSR count). The first kappa shape index (κ1) is 15.8. The van der Waals surface area contributed by atoms with Gasteiger partial charge in [-0.05, 0) is 19.1 Å². The Labute approximate surface area is 119 Å². The molecule has 5 heteroatoms. The van der Waals surface area contributed by atoms with E-state index < -0.39 is 0 Å². The quantitative estimate of drug-likeness (QED) is 0.730. The maximum absolute atomic E-state index is 11.8. The zero-order valence-corrected chi connectivity index (χ0v) is 12.0. The van der Waals surface area contributed by atoms with Crippen LogP contribution in [0.2, 0.25) is 0 Å². The van der Waals surface area contributed by atoms with Crippen molar-refractivity contribution in [2.24, 2.45) is 0 Å². The maximum atomic E-state index is 11.8. The number of nitriles is 1. The SMILES string of the molecule is CCOc1ccccc1OCCC(=O)N(C)CCC#N. The highest BCUT2D eigenvalue weighted by Gasteiger charge is 2.09. The Bertz CT molecular complexity index is 468. The van der Waals surface area contributed by atoms with E-state index in [1.807, 2.05) is 37.3 Å². The normalized spacial score (nSPS) is 9.65. The number of para-hydroxylation sites is 2. The molecule has 0 aliphatic rings. The number of ether oxygens (including phenoxy) is 2. The molecule has 0 aliphatic carbocycles. The first-order valence-electron chi connectivity index (χ1n) is 6.64. The second-order valence-corrected chi connectivity index (χ2v) is 4.20. The standard InChI is InChI=1S/C15H20N2O3/c1-3-19-13-7-4-5-8-14(13)20-12-9-15(18)17(2)11-6-10-16/h4-5,7-8H,3,6,9,11-12H2,1-2H3. The molecule has 0 saturated heterocycles. The molecule has 0 N–H and O–H groups in total. The van der Waals surface area contributed by atoms with Crippen LogP contribution in [0.15, 0.2) is 24.3 Å². The average molecular weight is 276 g/mol. The molecule has 0 aliphatic heterocycles. The third kappa shape index (κ3) is 5.19. The molecule has 1 aromatic rings. The van der Waals surface area contributed by atoms with Crippen LogP contribution >= 0.6 is 0 Å². The van der Waals surface area contributed by atoms with Crippen molar-refractivity contribution < 1.29 is 14.3 Å². The van der Waals surface area contributed by atoms with Crippen molar-refractivity contribution in [1.29, 1.82) is 5.26 Å². The molecule has 1 aromatic carbocycles. The van der Waals surface area contributed by atoms with E-state index in [4.69, 9.17) is 14.7 Å². The van der Waals surface area contributed by atoms with Crippen LogP contribution in [0.3, 0.4) is 0 Å². The molecule has 0 aromatic heterocycles. The number of nitrogens with zero attached hydrogens (tertiary/aromatic N) is 2. The second-order valence-electron chi connectivity index (χ2n) is 4.20. The van der Waals surface area contributed by atoms with E-state index in [9.17, 15) is 4.79 Å². The third-order valence-corrected chi connectivity index (χ3v) is 2.71. The van der Waals surface area contributed by atoms with E-state index in [1.165, 1.54) is 0 Å². The van der Waals surface area contributed by atoms with Crippen LogP contribution in [-0.2, 0) is 4.79 Å². The summed E-state index contributed by atoms with van der Waals surface area (Å²) in [6.45, 7) is 3.21. The van der Waals surface area contributed by atoms with Crippen LogP contribution in [0.4, 0.5) is 0 Å². The van der Waals surface area contributed by atoms with E-state index in [0.29, 0.717) is 37.7 Å². The Morgan fingerprint density at radius 3 is 2.55 bits per heavy atom. The van der Waals surface area contributed by atoms with Gasteiger partial charge >= 0.3 is 0 Å². The fourth-order valence-electron chi connectivity index (χ4n) is 1.63. The van der Waals surface area contributed by atoms with Gasteiger partial charge in [-0.3, -0.25) is 4.79 Å². The number of hydrogen-bond donors (Lipinski definition) is 0. The molecule has 5 nitrogen and oxygen atoms in total. The predicted molar refractivity (Wildman–Crippen MR) is 75.6 cm³/mol. The zero-order chi connectivity index (χ0) is 14.8. The van der Waals surface area contributed by atoms with Crippen molar-refractivity contribution in [3.8, 4) is 17.6 Å². The topological polar surface area (TPSA) is 62.6 Å². The Morgan fingerprint density at radius 2 is 1.95 bits per heavy atom. The summed E-state index contributed by atoms with van der Waals surface area (Å²) in [7, 11) is 1.69. The number of carbonyl (C=O) groups is 1. The molecule has 108 valence electrons. The molecular weight excluding hydrogens is 256 g/mol. The molecule has 20 heavy (non-hydrogen) atoms. The molecule has 0 saturated carbocycles. The summed E-state index contributed by atoms with van der Waals surface area (Å²) >= 11 is 0. The summed E-state index contributed by atoms with van der Waals surface area (Å²) < 4.78 is 11.0. The summed E-state index contributed by atoms with van der Waals surface area (Å²) in [5.74, 6) is 1.29. The van der Waals surface area contributed by atoms with Crippen molar-refractivity contribution in [1.82, 2.24) is 4.90 Å². The number of rotatable bonds is 8. The minimum absolute atomic E-state index is 0.0332. The number of carbonyl (C=O) groups excluding carboxylic acids is 1. The minimum atomic E-state index is -0.0332. The number of hydrogen-bond acceptors (Lipinski definition) is 4. The molecule has 0 unspecified atom stereocenters. The lowest BCUT2D eigenvalue weighted by atomic mass is 10.3. The summed E-state index contributed by atoms with van der Waals surface area (Å²) in [5, 5.41) is 8.48. The smallest absolute Gasteiger partial charge is 0.225 e. The summed E-state index contributed by atoms with van der Waals surface area (Å²) in [5.41, 5.74) is 0. The van der Waals surface area contributed by atoms with Gasteiger partial charge in [-0.1, -0.05) is 12.1 Å². The fourth-order valence-corrected chi connectivity index (χ4v) is 1.63. The van der Waals surface area contributed by atoms with Gasteiger partial charge < -0.3 is 14.4 Å². The number of benzene rings is 1. The largest absolute Gasteiger partial charge is 0.490 e. The van der Waals surface area contributed by atoms with Crippen molar-refractivity contribution in [2.45, 2.75) is 19.8 Å². The Morgan fingerprint density at radius 1 is 1.30 bits per heavy atom. The van der Waals surface area contributed by atoms with E-state index >= 15 is 0 Å². The van der Waals surface area contributed by atoms with Crippen LogP contribution in [0, 0.1) is 11.3 Å².